The number of benzene rings is 2. The molecule has 1 N–H and O–H groups in total. The highest BCUT2D eigenvalue weighted by Gasteiger charge is 2.47. The molecular weight excluding hydrogens is 421 g/mol. The number of alkyl halides is 2. The molecule has 32 heavy (non-hydrogen) atoms. The first-order valence-electron chi connectivity index (χ1n) is 9.77. The van der Waals surface area contributed by atoms with Crippen molar-refractivity contribution in [3.8, 4) is 17.2 Å². The Morgan fingerprint density at radius 1 is 1.16 bits per heavy atom. The van der Waals surface area contributed by atoms with Crippen molar-refractivity contribution in [1.82, 2.24) is 15.2 Å². The van der Waals surface area contributed by atoms with Crippen LogP contribution in [0.2, 0.25) is 0 Å². The maximum Gasteiger partial charge on any atom is 0.268 e. The van der Waals surface area contributed by atoms with Crippen LogP contribution in [0.4, 0.5) is 13.2 Å². The van der Waals surface area contributed by atoms with Gasteiger partial charge >= 0.3 is 0 Å². The zero-order chi connectivity index (χ0) is 22.9. The van der Waals surface area contributed by atoms with E-state index in [4.69, 9.17) is 5.26 Å². The summed E-state index contributed by atoms with van der Waals surface area (Å²) in [6.45, 7) is -1.40. The van der Waals surface area contributed by atoms with Crippen LogP contribution in [-0.2, 0) is 4.79 Å². The number of aromatic nitrogens is 1. The number of nitriles is 1. The number of nitrogens with zero attached hydrogens (tertiary/aromatic N) is 3. The Morgan fingerprint density at radius 2 is 1.91 bits per heavy atom. The molecule has 1 aromatic heterocycles. The SMILES string of the molecule is N#CC1CC(F)(F)CN1C(=O)CNC(=O)c1ccncc1-c1ccc(F)c2ccccc12. The molecule has 9 heteroatoms. The highest BCUT2D eigenvalue weighted by molar-refractivity contribution is 6.06. The summed E-state index contributed by atoms with van der Waals surface area (Å²) in [6.07, 6.45) is 2.14. The quantitative estimate of drug-likeness (QED) is 0.675. The number of nitrogens with one attached hydrogen (secondary N) is 1. The number of halogens is 3. The van der Waals surface area contributed by atoms with Gasteiger partial charge in [0.25, 0.3) is 11.8 Å². The predicted octanol–water partition coefficient (Wildman–Crippen LogP) is 3.53. The molecule has 4 rings (SSSR count). The number of carbonyl (C=O) groups excluding carboxylic acids is 2. The average molecular weight is 438 g/mol. The number of amides is 2. The van der Waals surface area contributed by atoms with Gasteiger partial charge in [-0.05, 0) is 23.1 Å². The molecule has 2 amide bonds. The number of rotatable bonds is 4. The molecule has 2 heterocycles. The summed E-state index contributed by atoms with van der Waals surface area (Å²) in [5.41, 5.74) is 1.19. The minimum atomic E-state index is -3.14. The van der Waals surface area contributed by atoms with Gasteiger partial charge in [-0.1, -0.05) is 30.3 Å². The first-order chi connectivity index (χ1) is 15.3. The summed E-state index contributed by atoms with van der Waals surface area (Å²) in [4.78, 5) is 30.1. The smallest absolute Gasteiger partial charge is 0.268 e. The molecule has 1 saturated heterocycles. The Kier molecular flexibility index (Phi) is 5.53. The molecule has 1 atom stereocenters. The van der Waals surface area contributed by atoms with Gasteiger partial charge in [-0.3, -0.25) is 14.6 Å². The van der Waals surface area contributed by atoms with Gasteiger partial charge in [0, 0.05) is 29.8 Å². The summed E-state index contributed by atoms with van der Waals surface area (Å²) in [5.74, 6) is -4.94. The molecule has 0 radical (unpaired) electrons. The van der Waals surface area contributed by atoms with E-state index in [1.807, 2.05) is 0 Å². The second-order valence-corrected chi connectivity index (χ2v) is 7.47. The molecule has 0 bridgehead atoms. The molecule has 0 spiro atoms. The number of likely N-dealkylation sites (tertiary alicyclic amines) is 1. The standard InChI is InChI=1S/C23H17F3N4O2/c24-20-6-5-16(15-3-1-2-4-17(15)20)19-11-28-8-7-18(19)22(32)29-12-21(31)30-13-23(25,26)9-14(30)10-27/h1-8,11,14H,9,12-13H2,(H,29,32). The minimum Gasteiger partial charge on any atom is -0.343 e. The number of carbonyl (C=O) groups is 2. The van der Waals surface area contributed by atoms with Crippen LogP contribution in [0.25, 0.3) is 21.9 Å². The number of fused-ring (bicyclic) bond motifs is 1. The van der Waals surface area contributed by atoms with E-state index in [-0.39, 0.29) is 5.56 Å². The molecule has 0 aliphatic carbocycles. The van der Waals surface area contributed by atoms with Crippen molar-refractivity contribution in [2.75, 3.05) is 13.1 Å². The summed E-state index contributed by atoms with van der Waals surface area (Å²) in [6, 6.07) is 11.5. The zero-order valence-corrected chi connectivity index (χ0v) is 16.7. The van der Waals surface area contributed by atoms with E-state index < -0.39 is 49.1 Å². The lowest BCUT2D eigenvalue weighted by molar-refractivity contribution is -0.131. The maximum atomic E-state index is 14.2. The Bertz CT molecular complexity index is 1260. The van der Waals surface area contributed by atoms with Crippen LogP contribution in [-0.4, -0.2) is 46.8 Å². The number of hydrogen-bond donors (Lipinski definition) is 1. The molecule has 0 saturated carbocycles. The van der Waals surface area contributed by atoms with Crippen molar-refractivity contribution in [3.63, 3.8) is 0 Å². The summed E-state index contributed by atoms with van der Waals surface area (Å²) >= 11 is 0. The van der Waals surface area contributed by atoms with E-state index >= 15 is 0 Å². The topological polar surface area (TPSA) is 86.1 Å². The van der Waals surface area contributed by atoms with Crippen LogP contribution in [0.15, 0.2) is 54.9 Å². The van der Waals surface area contributed by atoms with Gasteiger partial charge in [-0.25, -0.2) is 13.2 Å². The molecule has 1 aliphatic rings. The molecule has 3 aromatic rings. The third-order valence-electron chi connectivity index (χ3n) is 5.37. The fourth-order valence-corrected chi connectivity index (χ4v) is 3.85. The van der Waals surface area contributed by atoms with E-state index in [0.717, 1.165) is 4.90 Å². The highest BCUT2D eigenvalue weighted by Crippen LogP contribution is 2.33. The Labute approximate surface area is 181 Å². The van der Waals surface area contributed by atoms with Gasteiger partial charge in [0.1, 0.15) is 11.9 Å². The van der Waals surface area contributed by atoms with Gasteiger partial charge in [0.05, 0.1) is 24.7 Å². The van der Waals surface area contributed by atoms with E-state index in [1.54, 1.807) is 36.4 Å². The van der Waals surface area contributed by atoms with Gasteiger partial charge < -0.3 is 10.2 Å². The van der Waals surface area contributed by atoms with Crippen molar-refractivity contribution < 1.29 is 22.8 Å². The third kappa shape index (κ3) is 3.99. The lowest BCUT2D eigenvalue weighted by Gasteiger charge is -2.19. The average Bonchev–Trinajstić information content (AvgIpc) is 3.12. The van der Waals surface area contributed by atoms with Crippen LogP contribution >= 0.6 is 0 Å². The lowest BCUT2D eigenvalue weighted by Crippen LogP contribution is -2.43. The third-order valence-corrected chi connectivity index (χ3v) is 5.37. The summed E-state index contributed by atoms with van der Waals surface area (Å²) in [5, 5.41) is 12.4. The highest BCUT2D eigenvalue weighted by atomic mass is 19.3. The molecule has 1 unspecified atom stereocenters. The van der Waals surface area contributed by atoms with E-state index in [9.17, 15) is 22.8 Å². The Morgan fingerprint density at radius 3 is 2.66 bits per heavy atom. The Hall–Kier alpha value is -3.93. The van der Waals surface area contributed by atoms with Gasteiger partial charge in [-0.15, -0.1) is 0 Å². The van der Waals surface area contributed by atoms with Gasteiger partial charge in [-0.2, -0.15) is 5.26 Å². The second kappa shape index (κ2) is 8.30. The molecule has 162 valence electrons. The molecule has 1 fully saturated rings. The van der Waals surface area contributed by atoms with E-state index in [0.29, 0.717) is 21.9 Å². The van der Waals surface area contributed by atoms with Crippen LogP contribution < -0.4 is 5.32 Å². The first kappa shape index (κ1) is 21.3. The molecular formula is C23H17F3N4O2. The second-order valence-electron chi connectivity index (χ2n) is 7.47. The Balaban J connectivity index is 1.58. The predicted molar refractivity (Wildman–Crippen MR) is 110 cm³/mol. The minimum absolute atomic E-state index is 0.188. The van der Waals surface area contributed by atoms with Crippen molar-refractivity contribution >= 4 is 22.6 Å². The maximum absolute atomic E-state index is 14.2. The van der Waals surface area contributed by atoms with Crippen LogP contribution in [0.3, 0.4) is 0 Å². The van der Waals surface area contributed by atoms with Crippen molar-refractivity contribution in [3.05, 3.63) is 66.2 Å². The van der Waals surface area contributed by atoms with Crippen molar-refractivity contribution in [2.24, 2.45) is 0 Å². The molecule has 2 aromatic carbocycles. The van der Waals surface area contributed by atoms with Crippen molar-refractivity contribution in [2.45, 2.75) is 18.4 Å². The number of pyridine rings is 1. The van der Waals surface area contributed by atoms with Crippen LogP contribution in [0.5, 0.6) is 0 Å². The molecule has 6 nitrogen and oxygen atoms in total. The van der Waals surface area contributed by atoms with E-state index in [2.05, 4.69) is 10.3 Å². The summed E-state index contributed by atoms with van der Waals surface area (Å²) < 4.78 is 41.4. The number of hydrogen-bond acceptors (Lipinski definition) is 4. The lowest BCUT2D eigenvalue weighted by atomic mass is 9.95. The fraction of sp³-hybridized carbons (Fsp3) is 0.217. The van der Waals surface area contributed by atoms with Gasteiger partial charge in [0.2, 0.25) is 5.91 Å². The van der Waals surface area contributed by atoms with Crippen molar-refractivity contribution in [1.29, 1.82) is 5.26 Å². The fourth-order valence-electron chi connectivity index (χ4n) is 3.85. The van der Waals surface area contributed by atoms with Crippen LogP contribution in [0, 0.1) is 17.1 Å². The summed E-state index contributed by atoms with van der Waals surface area (Å²) in [7, 11) is 0. The van der Waals surface area contributed by atoms with E-state index in [1.165, 1.54) is 24.5 Å². The largest absolute Gasteiger partial charge is 0.343 e. The monoisotopic (exact) mass is 438 g/mol. The van der Waals surface area contributed by atoms with Gasteiger partial charge in [0.15, 0.2) is 0 Å². The first-order valence-corrected chi connectivity index (χ1v) is 9.77. The normalized spacial score (nSPS) is 17.2. The zero-order valence-electron chi connectivity index (χ0n) is 16.7. The molecule has 1 aliphatic heterocycles. The van der Waals surface area contributed by atoms with Crippen LogP contribution in [0.1, 0.15) is 16.8 Å².